The molecule has 0 radical (unpaired) electrons. The number of rotatable bonds is 1. The zero-order valence-corrected chi connectivity index (χ0v) is 12.3. The minimum atomic E-state index is -0.131. The Morgan fingerprint density at radius 2 is 1.95 bits per heavy atom. The molecule has 3 rings (SSSR count). The van der Waals surface area contributed by atoms with Crippen molar-refractivity contribution in [3.63, 3.8) is 0 Å². The van der Waals surface area contributed by atoms with E-state index in [2.05, 4.69) is 4.90 Å². The Morgan fingerprint density at radius 3 is 2.68 bits per heavy atom. The number of halogens is 2. The van der Waals surface area contributed by atoms with Gasteiger partial charge in [0.25, 0.3) is 0 Å². The average Bonchev–Trinajstić information content (AvgIpc) is 2.43. The third-order valence-electron chi connectivity index (χ3n) is 3.08. The molecule has 1 saturated heterocycles. The van der Waals surface area contributed by atoms with Crippen molar-refractivity contribution in [1.29, 1.82) is 0 Å². The third kappa shape index (κ3) is 2.46. The fourth-order valence-corrected chi connectivity index (χ4v) is 3.84. The summed E-state index contributed by atoms with van der Waals surface area (Å²) in [6.07, 6.45) is 0. The standard InChI is InChI=1S/C13H11Cl2NO2S/c14-8-1-2-9-10(7-8)19-13(11(15)12(9)17)16-3-5-18-6-4-16/h1-2,7H,3-6H2. The van der Waals surface area contributed by atoms with E-state index < -0.39 is 0 Å². The van der Waals surface area contributed by atoms with Crippen molar-refractivity contribution in [3.8, 4) is 0 Å². The van der Waals surface area contributed by atoms with Crippen molar-refractivity contribution < 1.29 is 4.74 Å². The molecule has 2 heterocycles. The van der Waals surface area contributed by atoms with Crippen LogP contribution in [0.4, 0.5) is 5.00 Å². The number of hydrogen-bond acceptors (Lipinski definition) is 4. The zero-order chi connectivity index (χ0) is 13.4. The molecule has 0 spiro atoms. The molecule has 0 saturated carbocycles. The molecule has 2 aromatic rings. The lowest BCUT2D eigenvalue weighted by Crippen LogP contribution is -2.36. The summed E-state index contributed by atoms with van der Waals surface area (Å²) in [5.41, 5.74) is -0.131. The van der Waals surface area contributed by atoms with Crippen LogP contribution in [-0.4, -0.2) is 26.3 Å². The highest BCUT2D eigenvalue weighted by molar-refractivity contribution is 7.22. The number of benzene rings is 1. The van der Waals surface area contributed by atoms with Crippen LogP contribution in [0.3, 0.4) is 0 Å². The number of nitrogens with zero attached hydrogens (tertiary/aromatic N) is 1. The average molecular weight is 316 g/mol. The molecule has 0 atom stereocenters. The van der Waals surface area contributed by atoms with Gasteiger partial charge in [0.05, 0.1) is 13.2 Å². The van der Waals surface area contributed by atoms with E-state index in [-0.39, 0.29) is 5.43 Å². The van der Waals surface area contributed by atoms with E-state index in [1.165, 1.54) is 11.3 Å². The molecule has 0 unspecified atom stereocenters. The van der Waals surface area contributed by atoms with Crippen molar-refractivity contribution in [3.05, 3.63) is 38.5 Å². The number of hydrogen-bond donors (Lipinski definition) is 0. The Balaban J connectivity index is 2.19. The predicted octanol–water partition coefficient (Wildman–Crippen LogP) is 3.40. The van der Waals surface area contributed by atoms with Crippen molar-refractivity contribution >= 4 is 49.6 Å². The van der Waals surface area contributed by atoms with Gasteiger partial charge in [-0.25, -0.2) is 0 Å². The zero-order valence-electron chi connectivity index (χ0n) is 9.99. The first-order valence-electron chi connectivity index (χ1n) is 5.91. The van der Waals surface area contributed by atoms with Gasteiger partial charge in [0, 0.05) is 28.2 Å². The van der Waals surface area contributed by atoms with Crippen molar-refractivity contribution in [2.45, 2.75) is 0 Å². The maximum atomic E-state index is 12.3. The maximum absolute atomic E-state index is 12.3. The van der Waals surface area contributed by atoms with Crippen LogP contribution in [0, 0.1) is 0 Å². The minimum absolute atomic E-state index is 0.131. The molecule has 1 fully saturated rings. The van der Waals surface area contributed by atoms with Crippen LogP contribution < -0.4 is 10.3 Å². The lowest BCUT2D eigenvalue weighted by molar-refractivity contribution is 0.123. The smallest absolute Gasteiger partial charge is 0.208 e. The summed E-state index contributed by atoms with van der Waals surface area (Å²) in [7, 11) is 0. The topological polar surface area (TPSA) is 29.5 Å². The van der Waals surface area contributed by atoms with Crippen LogP contribution in [0.1, 0.15) is 0 Å². The summed E-state index contributed by atoms with van der Waals surface area (Å²) in [5, 5.41) is 2.35. The Labute approximate surface area is 124 Å². The summed E-state index contributed by atoms with van der Waals surface area (Å²) < 4.78 is 6.18. The van der Waals surface area contributed by atoms with Crippen LogP contribution in [0.2, 0.25) is 10.0 Å². The highest BCUT2D eigenvalue weighted by Gasteiger charge is 2.18. The quantitative estimate of drug-likeness (QED) is 0.807. The van der Waals surface area contributed by atoms with Crippen LogP contribution >= 0.6 is 34.5 Å². The molecule has 0 amide bonds. The lowest BCUT2D eigenvalue weighted by Gasteiger charge is -2.28. The van der Waals surface area contributed by atoms with Crippen LogP contribution in [0.5, 0.6) is 0 Å². The van der Waals surface area contributed by atoms with E-state index in [4.69, 9.17) is 27.9 Å². The maximum Gasteiger partial charge on any atom is 0.208 e. The van der Waals surface area contributed by atoms with Gasteiger partial charge in [-0.3, -0.25) is 4.79 Å². The lowest BCUT2D eigenvalue weighted by atomic mass is 10.2. The number of ether oxygens (including phenoxy) is 1. The summed E-state index contributed by atoms with van der Waals surface area (Å²) >= 11 is 13.7. The molecule has 6 heteroatoms. The van der Waals surface area contributed by atoms with E-state index in [0.717, 1.165) is 22.8 Å². The molecule has 1 aromatic carbocycles. The molecule has 0 N–H and O–H groups in total. The van der Waals surface area contributed by atoms with Crippen LogP contribution in [0.15, 0.2) is 23.0 Å². The number of morpholine rings is 1. The van der Waals surface area contributed by atoms with E-state index in [1.807, 2.05) is 6.07 Å². The SMILES string of the molecule is O=c1c(Cl)c(N2CCOCC2)sc2cc(Cl)ccc12. The molecule has 0 aliphatic carbocycles. The monoisotopic (exact) mass is 315 g/mol. The van der Waals surface area contributed by atoms with Gasteiger partial charge in [-0.1, -0.05) is 23.2 Å². The van der Waals surface area contributed by atoms with Gasteiger partial charge >= 0.3 is 0 Å². The molecule has 1 aromatic heterocycles. The van der Waals surface area contributed by atoms with Gasteiger partial charge in [-0.15, -0.1) is 11.3 Å². The van der Waals surface area contributed by atoms with Gasteiger partial charge in [0.1, 0.15) is 10.0 Å². The second-order valence-electron chi connectivity index (χ2n) is 4.29. The van der Waals surface area contributed by atoms with E-state index >= 15 is 0 Å². The van der Waals surface area contributed by atoms with Gasteiger partial charge in [0.15, 0.2) is 0 Å². The number of fused-ring (bicyclic) bond motifs is 1. The molecular weight excluding hydrogens is 305 g/mol. The summed E-state index contributed by atoms with van der Waals surface area (Å²) in [4.78, 5) is 14.4. The highest BCUT2D eigenvalue weighted by atomic mass is 35.5. The minimum Gasteiger partial charge on any atom is -0.378 e. The van der Waals surface area contributed by atoms with Crippen LogP contribution in [-0.2, 0) is 4.74 Å². The Bertz CT molecular complexity index is 680. The van der Waals surface area contributed by atoms with Crippen molar-refractivity contribution in [2.24, 2.45) is 0 Å². The molecule has 1 aliphatic heterocycles. The van der Waals surface area contributed by atoms with E-state index in [1.54, 1.807) is 12.1 Å². The molecule has 100 valence electrons. The Kier molecular flexibility index (Phi) is 3.67. The Morgan fingerprint density at radius 1 is 1.21 bits per heavy atom. The summed E-state index contributed by atoms with van der Waals surface area (Å²) in [5.74, 6) is 0. The summed E-state index contributed by atoms with van der Waals surface area (Å²) in [6, 6.07) is 5.25. The molecular formula is C13H11Cl2NO2S. The molecule has 1 aliphatic rings. The van der Waals surface area contributed by atoms with Gasteiger partial charge in [-0.2, -0.15) is 0 Å². The third-order valence-corrected chi connectivity index (χ3v) is 4.99. The first-order chi connectivity index (χ1) is 9.16. The van der Waals surface area contributed by atoms with Crippen LogP contribution in [0.25, 0.3) is 10.1 Å². The first-order valence-corrected chi connectivity index (χ1v) is 7.48. The predicted molar refractivity (Wildman–Crippen MR) is 81.1 cm³/mol. The molecule has 3 nitrogen and oxygen atoms in total. The second-order valence-corrected chi connectivity index (χ2v) is 6.14. The van der Waals surface area contributed by atoms with E-state index in [9.17, 15) is 4.79 Å². The van der Waals surface area contributed by atoms with Gasteiger partial charge in [0.2, 0.25) is 5.43 Å². The fourth-order valence-electron chi connectivity index (χ4n) is 2.10. The normalized spacial score (nSPS) is 16.0. The molecule has 0 bridgehead atoms. The molecule has 19 heavy (non-hydrogen) atoms. The van der Waals surface area contributed by atoms with Gasteiger partial charge < -0.3 is 9.64 Å². The summed E-state index contributed by atoms with van der Waals surface area (Å²) in [6.45, 7) is 2.82. The number of anilines is 1. The van der Waals surface area contributed by atoms with E-state index in [0.29, 0.717) is 28.6 Å². The van der Waals surface area contributed by atoms with Gasteiger partial charge in [-0.05, 0) is 18.2 Å². The van der Waals surface area contributed by atoms with Crippen molar-refractivity contribution in [1.82, 2.24) is 0 Å². The first kappa shape index (κ1) is 13.2. The Hall–Kier alpha value is -0.810. The second kappa shape index (κ2) is 5.29. The van der Waals surface area contributed by atoms with Crippen molar-refractivity contribution in [2.75, 3.05) is 31.2 Å². The highest BCUT2D eigenvalue weighted by Crippen LogP contribution is 2.34. The largest absolute Gasteiger partial charge is 0.378 e. The fraction of sp³-hybridized carbons (Fsp3) is 0.308.